The van der Waals surface area contributed by atoms with E-state index in [-0.39, 0.29) is 5.82 Å². The fourth-order valence-electron chi connectivity index (χ4n) is 4.52. The second-order valence-corrected chi connectivity index (χ2v) is 8.79. The van der Waals surface area contributed by atoms with Gasteiger partial charge in [0.1, 0.15) is 11.6 Å². The Morgan fingerprint density at radius 2 is 1.88 bits per heavy atom. The minimum absolute atomic E-state index is 0.143. The summed E-state index contributed by atoms with van der Waals surface area (Å²) in [5.74, 6) is 1.27. The number of hydrogen-bond acceptors (Lipinski definition) is 5. The van der Waals surface area contributed by atoms with Gasteiger partial charge in [0.05, 0.1) is 0 Å². The predicted molar refractivity (Wildman–Crippen MR) is 129 cm³/mol. The van der Waals surface area contributed by atoms with Crippen molar-refractivity contribution in [3.63, 3.8) is 0 Å². The summed E-state index contributed by atoms with van der Waals surface area (Å²) in [5.41, 5.74) is 2.36. The first-order valence-electron chi connectivity index (χ1n) is 11.9. The van der Waals surface area contributed by atoms with E-state index in [0.717, 1.165) is 57.0 Å². The Bertz CT molecular complexity index is 983. The van der Waals surface area contributed by atoms with Crippen LogP contribution in [0.1, 0.15) is 30.9 Å². The second-order valence-electron chi connectivity index (χ2n) is 8.79. The summed E-state index contributed by atoms with van der Waals surface area (Å²) in [4.78, 5) is 13.3. The highest BCUT2D eigenvalue weighted by Crippen LogP contribution is 2.21. The highest BCUT2D eigenvalue weighted by Gasteiger charge is 2.21. The molecule has 0 saturated carbocycles. The number of ether oxygens (including phenoxy) is 1. The minimum atomic E-state index is -0.143. The average Bonchev–Trinajstić information content (AvgIpc) is 2.84. The van der Waals surface area contributed by atoms with Crippen LogP contribution in [-0.2, 0) is 13.0 Å². The van der Waals surface area contributed by atoms with Gasteiger partial charge < -0.3 is 9.64 Å². The van der Waals surface area contributed by atoms with Crippen molar-refractivity contribution in [2.24, 2.45) is 5.92 Å². The highest BCUT2D eigenvalue weighted by atomic mass is 19.1. The Kier molecular flexibility index (Phi) is 8.39. The molecule has 1 saturated heterocycles. The third-order valence-electron chi connectivity index (χ3n) is 6.25. The summed E-state index contributed by atoms with van der Waals surface area (Å²) in [5, 5.41) is 0. The van der Waals surface area contributed by atoms with Gasteiger partial charge in [-0.05, 0) is 79.7 Å². The molecular weight excluding hydrogens is 415 g/mol. The lowest BCUT2D eigenvalue weighted by Gasteiger charge is -2.35. The van der Waals surface area contributed by atoms with Gasteiger partial charge in [-0.2, -0.15) is 0 Å². The molecule has 33 heavy (non-hydrogen) atoms. The molecule has 5 nitrogen and oxygen atoms in total. The van der Waals surface area contributed by atoms with Crippen LogP contribution in [0.3, 0.4) is 0 Å². The van der Waals surface area contributed by atoms with Crippen molar-refractivity contribution < 1.29 is 9.13 Å². The SMILES string of the molecule is CCN(Cc1ccc(Oc2ncccn2)cc1)C[C@H]1CCCN(CCc2cccc(F)c2)C1. The Hall–Kier alpha value is -2.83. The lowest BCUT2D eigenvalue weighted by Crippen LogP contribution is -2.41. The zero-order valence-electron chi connectivity index (χ0n) is 19.4. The van der Waals surface area contributed by atoms with Crippen LogP contribution in [0.15, 0.2) is 67.0 Å². The standard InChI is InChI=1S/C27H33FN4O/c1-2-31(19-23-9-11-26(12-10-23)33-27-29-14-5-15-30-27)20-24-7-4-16-32(21-24)17-13-22-6-3-8-25(28)18-22/h3,5-6,8-12,14-15,18,24H,2,4,7,13,16-17,19-21H2,1H3/t24-/m1/s1. The number of rotatable bonds is 10. The van der Waals surface area contributed by atoms with Gasteiger partial charge in [-0.1, -0.05) is 31.2 Å². The molecule has 1 fully saturated rings. The van der Waals surface area contributed by atoms with Gasteiger partial charge in [0.2, 0.25) is 0 Å². The summed E-state index contributed by atoms with van der Waals surface area (Å²) in [7, 11) is 0. The van der Waals surface area contributed by atoms with Crippen molar-refractivity contribution in [1.29, 1.82) is 0 Å². The number of hydrogen-bond donors (Lipinski definition) is 0. The van der Waals surface area contributed by atoms with Crippen LogP contribution in [0.5, 0.6) is 11.8 Å². The molecule has 1 aliphatic rings. The van der Waals surface area contributed by atoms with Gasteiger partial charge >= 0.3 is 6.01 Å². The van der Waals surface area contributed by atoms with Crippen molar-refractivity contribution in [2.75, 3.05) is 32.7 Å². The van der Waals surface area contributed by atoms with E-state index >= 15 is 0 Å². The molecule has 0 bridgehead atoms. The maximum atomic E-state index is 13.4. The molecule has 4 rings (SSSR count). The molecule has 0 unspecified atom stereocenters. The zero-order chi connectivity index (χ0) is 22.9. The topological polar surface area (TPSA) is 41.5 Å². The van der Waals surface area contributed by atoms with Crippen molar-refractivity contribution >= 4 is 0 Å². The third kappa shape index (κ3) is 7.34. The van der Waals surface area contributed by atoms with Crippen molar-refractivity contribution in [3.8, 4) is 11.8 Å². The Morgan fingerprint density at radius 1 is 1.06 bits per heavy atom. The molecule has 2 heterocycles. The monoisotopic (exact) mass is 448 g/mol. The molecule has 0 N–H and O–H groups in total. The smallest absolute Gasteiger partial charge is 0.321 e. The van der Waals surface area contributed by atoms with Gasteiger partial charge in [0.15, 0.2) is 0 Å². The number of nitrogens with zero attached hydrogens (tertiary/aromatic N) is 4. The second kappa shape index (κ2) is 11.9. The van der Waals surface area contributed by atoms with Gasteiger partial charge in [-0.25, -0.2) is 14.4 Å². The van der Waals surface area contributed by atoms with E-state index in [2.05, 4.69) is 38.8 Å². The quantitative estimate of drug-likeness (QED) is 0.427. The van der Waals surface area contributed by atoms with Crippen LogP contribution in [0.25, 0.3) is 0 Å². The normalized spacial score (nSPS) is 16.8. The molecule has 0 amide bonds. The molecule has 0 radical (unpaired) electrons. The van der Waals surface area contributed by atoms with Crippen molar-refractivity contribution in [3.05, 3.63) is 83.9 Å². The van der Waals surface area contributed by atoms with E-state index in [4.69, 9.17) is 4.74 Å². The number of aromatic nitrogens is 2. The third-order valence-corrected chi connectivity index (χ3v) is 6.25. The molecule has 6 heteroatoms. The lowest BCUT2D eigenvalue weighted by atomic mass is 9.96. The van der Waals surface area contributed by atoms with Crippen LogP contribution in [0, 0.1) is 11.7 Å². The van der Waals surface area contributed by atoms with Crippen LogP contribution < -0.4 is 4.74 Å². The molecule has 1 atom stereocenters. The summed E-state index contributed by atoms with van der Waals surface area (Å²) in [6, 6.07) is 17.3. The van der Waals surface area contributed by atoms with E-state index in [1.54, 1.807) is 30.6 Å². The van der Waals surface area contributed by atoms with Crippen LogP contribution >= 0.6 is 0 Å². The first kappa shape index (κ1) is 23.3. The fraction of sp³-hybridized carbons (Fsp3) is 0.407. The summed E-state index contributed by atoms with van der Waals surface area (Å²) >= 11 is 0. The van der Waals surface area contributed by atoms with Crippen molar-refractivity contribution in [1.82, 2.24) is 19.8 Å². The van der Waals surface area contributed by atoms with E-state index in [9.17, 15) is 4.39 Å². The van der Waals surface area contributed by atoms with Gasteiger partial charge in [-0.15, -0.1) is 0 Å². The predicted octanol–water partition coefficient (Wildman–Crippen LogP) is 5.18. The largest absolute Gasteiger partial charge is 0.424 e. The van der Waals surface area contributed by atoms with E-state index in [1.165, 1.54) is 24.5 Å². The Morgan fingerprint density at radius 3 is 2.64 bits per heavy atom. The number of likely N-dealkylation sites (tertiary alicyclic amines) is 1. The van der Waals surface area contributed by atoms with Crippen LogP contribution in [0.4, 0.5) is 4.39 Å². The summed E-state index contributed by atoms with van der Waals surface area (Å²) < 4.78 is 19.1. The Labute approximate surface area is 196 Å². The van der Waals surface area contributed by atoms with E-state index < -0.39 is 0 Å². The lowest BCUT2D eigenvalue weighted by molar-refractivity contribution is 0.133. The highest BCUT2D eigenvalue weighted by molar-refractivity contribution is 5.29. The first-order chi connectivity index (χ1) is 16.2. The Balaban J connectivity index is 1.25. The maximum absolute atomic E-state index is 13.4. The van der Waals surface area contributed by atoms with Gasteiger partial charge in [0, 0.05) is 38.6 Å². The minimum Gasteiger partial charge on any atom is -0.424 e. The number of halogens is 1. The average molecular weight is 449 g/mol. The molecule has 3 aromatic rings. The first-order valence-corrected chi connectivity index (χ1v) is 11.9. The van der Waals surface area contributed by atoms with Gasteiger partial charge in [-0.3, -0.25) is 4.90 Å². The fourth-order valence-corrected chi connectivity index (χ4v) is 4.52. The number of piperidine rings is 1. The molecule has 174 valence electrons. The van der Waals surface area contributed by atoms with E-state index in [0.29, 0.717) is 11.9 Å². The number of benzene rings is 2. The van der Waals surface area contributed by atoms with Crippen molar-refractivity contribution in [2.45, 2.75) is 32.7 Å². The van der Waals surface area contributed by atoms with Gasteiger partial charge in [0.25, 0.3) is 0 Å². The van der Waals surface area contributed by atoms with Crippen LogP contribution in [-0.4, -0.2) is 52.5 Å². The molecule has 1 aromatic heterocycles. The molecule has 2 aromatic carbocycles. The van der Waals surface area contributed by atoms with Crippen LogP contribution in [0.2, 0.25) is 0 Å². The summed E-state index contributed by atoms with van der Waals surface area (Å²) in [6.45, 7) is 8.55. The molecular formula is C27H33FN4O. The molecule has 1 aliphatic heterocycles. The maximum Gasteiger partial charge on any atom is 0.321 e. The summed E-state index contributed by atoms with van der Waals surface area (Å²) in [6.07, 6.45) is 6.76. The molecule has 0 spiro atoms. The molecule has 0 aliphatic carbocycles. The van der Waals surface area contributed by atoms with E-state index in [1.807, 2.05) is 18.2 Å². The zero-order valence-corrected chi connectivity index (χ0v) is 19.4.